The maximum Gasteiger partial charge on any atom is 0.336 e. The highest BCUT2D eigenvalue weighted by molar-refractivity contribution is 5.92. The molecule has 1 N–H and O–H groups in total. The number of hydrogen-bond acceptors (Lipinski definition) is 3. The highest BCUT2D eigenvalue weighted by Gasteiger charge is 2.34. The van der Waals surface area contributed by atoms with Gasteiger partial charge in [-0.15, -0.1) is 0 Å². The number of esters is 1. The molecule has 0 radical (unpaired) electrons. The summed E-state index contributed by atoms with van der Waals surface area (Å²) in [6, 6.07) is 0. The number of hydrogen-bond donors (Lipinski definition) is 1. The molecule has 3 heteroatoms. The van der Waals surface area contributed by atoms with E-state index < -0.39 is 6.10 Å². The topological polar surface area (TPSA) is 46.5 Å². The molecule has 1 heterocycles. The van der Waals surface area contributed by atoms with Crippen LogP contribution in [0.2, 0.25) is 0 Å². The Morgan fingerprint density at radius 1 is 1.67 bits per heavy atom. The molecule has 0 saturated carbocycles. The average Bonchev–Trinajstić information content (AvgIpc) is 2.25. The van der Waals surface area contributed by atoms with E-state index in [1.54, 1.807) is 13.0 Å². The molecule has 0 spiro atoms. The highest BCUT2D eigenvalue weighted by Crippen LogP contribution is 2.21. The van der Waals surface area contributed by atoms with Crippen LogP contribution in [0.25, 0.3) is 0 Å². The Bertz CT molecular complexity index is 208. The molecule has 68 valence electrons. The number of rotatable bonds is 2. The molecule has 0 amide bonds. The van der Waals surface area contributed by atoms with Gasteiger partial charge in [0.05, 0.1) is 5.57 Å². The SMILES string of the molecule is CCC/C=C1/C(=O)O[C@@H](C)[C@@H]1O. The number of carbonyl (C=O) groups is 1. The summed E-state index contributed by atoms with van der Waals surface area (Å²) in [6.07, 6.45) is 2.42. The second kappa shape index (κ2) is 3.72. The van der Waals surface area contributed by atoms with Crippen molar-refractivity contribution in [3.63, 3.8) is 0 Å². The van der Waals surface area contributed by atoms with Gasteiger partial charge in [0, 0.05) is 0 Å². The first kappa shape index (κ1) is 9.26. The predicted molar refractivity (Wildman–Crippen MR) is 44.6 cm³/mol. The number of allylic oxidation sites excluding steroid dienone is 1. The van der Waals surface area contributed by atoms with Gasteiger partial charge in [-0.1, -0.05) is 19.4 Å². The van der Waals surface area contributed by atoms with Crippen LogP contribution < -0.4 is 0 Å². The summed E-state index contributed by atoms with van der Waals surface area (Å²) >= 11 is 0. The van der Waals surface area contributed by atoms with E-state index in [9.17, 15) is 9.90 Å². The maximum atomic E-state index is 11.1. The van der Waals surface area contributed by atoms with E-state index in [4.69, 9.17) is 4.74 Å². The summed E-state index contributed by atoms with van der Waals surface area (Å²) in [7, 11) is 0. The Kier molecular flexibility index (Phi) is 2.87. The fourth-order valence-corrected chi connectivity index (χ4v) is 1.18. The van der Waals surface area contributed by atoms with Crippen molar-refractivity contribution in [3.05, 3.63) is 11.6 Å². The predicted octanol–water partition coefficient (Wildman–Crippen LogP) is 1.02. The van der Waals surface area contributed by atoms with Gasteiger partial charge in [0.15, 0.2) is 0 Å². The second-order valence-electron chi connectivity index (χ2n) is 3.00. The molecule has 1 saturated heterocycles. The van der Waals surface area contributed by atoms with E-state index in [2.05, 4.69) is 0 Å². The van der Waals surface area contributed by atoms with Gasteiger partial charge in [0.25, 0.3) is 0 Å². The average molecular weight is 170 g/mol. The molecule has 0 aliphatic carbocycles. The Morgan fingerprint density at radius 3 is 2.75 bits per heavy atom. The Morgan fingerprint density at radius 2 is 2.33 bits per heavy atom. The molecular formula is C9H14O3. The first-order valence-electron chi connectivity index (χ1n) is 4.26. The van der Waals surface area contributed by atoms with Crippen LogP contribution in [-0.4, -0.2) is 23.3 Å². The summed E-state index contributed by atoms with van der Waals surface area (Å²) in [5, 5.41) is 9.44. The Hall–Kier alpha value is -0.830. The van der Waals surface area contributed by atoms with E-state index in [1.807, 2.05) is 6.92 Å². The quantitative estimate of drug-likeness (QED) is 0.497. The van der Waals surface area contributed by atoms with Crippen molar-refractivity contribution in [2.75, 3.05) is 0 Å². The highest BCUT2D eigenvalue weighted by atomic mass is 16.6. The summed E-state index contributed by atoms with van der Waals surface area (Å²) < 4.78 is 4.83. The summed E-state index contributed by atoms with van der Waals surface area (Å²) in [4.78, 5) is 11.1. The number of unbranched alkanes of at least 4 members (excludes halogenated alkanes) is 1. The minimum Gasteiger partial charge on any atom is -0.456 e. The van der Waals surface area contributed by atoms with Gasteiger partial charge >= 0.3 is 5.97 Å². The van der Waals surface area contributed by atoms with E-state index in [1.165, 1.54) is 0 Å². The van der Waals surface area contributed by atoms with Crippen LogP contribution in [-0.2, 0) is 9.53 Å². The van der Waals surface area contributed by atoms with Crippen LogP contribution in [0.1, 0.15) is 26.7 Å². The standard InChI is InChI=1S/C9H14O3/c1-3-4-5-7-8(10)6(2)12-9(7)11/h5-6,8,10H,3-4H2,1-2H3/b7-5+/t6-,8-/m0/s1. The summed E-state index contributed by atoms with van der Waals surface area (Å²) in [5.74, 6) is -0.372. The lowest BCUT2D eigenvalue weighted by Crippen LogP contribution is -2.17. The normalized spacial score (nSPS) is 32.6. The second-order valence-corrected chi connectivity index (χ2v) is 3.00. The monoisotopic (exact) mass is 170 g/mol. The van der Waals surface area contributed by atoms with Crippen molar-refractivity contribution in [2.45, 2.75) is 38.9 Å². The first-order valence-corrected chi connectivity index (χ1v) is 4.26. The zero-order chi connectivity index (χ0) is 9.14. The molecule has 1 fully saturated rings. The molecule has 3 nitrogen and oxygen atoms in total. The lowest BCUT2D eigenvalue weighted by molar-refractivity contribution is -0.138. The third-order valence-electron chi connectivity index (χ3n) is 1.94. The van der Waals surface area contributed by atoms with Crippen LogP contribution in [0, 0.1) is 0 Å². The molecule has 0 aromatic carbocycles. The molecule has 0 bridgehead atoms. The zero-order valence-corrected chi connectivity index (χ0v) is 7.41. The molecule has 1 rings (SSSR count). The largest absolute Gasteiger partial charge is 0.456 e. The molecule has 0 unspecified atom stereocenters. The van der Waals surface area contributed by atoms with Crippen molar-refractivity contribution in [1.82, 2.24) is 0 Å². The number of ether oxygens (including phenoxy) is 1. The third kappa shape index (κ3) is 1.67. The maximum absolute atomic E-state index is 11.1. The summed E-state index contributed by atoms with van der Waals surface area (Å²) in [6.45, 7) is 3.71. The van der Waals surface area contributed by atoms with Crippen molar-refractivity contribution in [1.29, 1.82) is 0 Å². The number of carbonyl (C=O) groups excluding carboxylic acids is 1. The molecule has 12 heavy (non-hydrogen) atoms. The minimum atomic E-state index is -0.732. The number of aliphatic hydroxyl groups excluding tert-OH is 1. The van der Waals surface area contributed by atoms with E-state index in [-0.39, 0.29) is 12.1 Å². The van der Waals surface area contributed by atoms with Gasteiger partial charge in [-0.3, -0.25) is 0 Å². The lowest BCUT2D eigenvalue weighted by Gasteiger charge is -2.04. The Labute approximate surface area is 72.0 Å². The molecule has 0 aromatic heterocycles. The van der Waals surface area contributed by atoms with Crippen molar-refractivity contribution >= 4 is 5.97 Å². The molecule has 1 aliphatic heterocycles. The van der Waals surface area contributed by atoms with Gasteiger partial charge in [-0.2, -0.15) is 0 Å². The third-order valence-corrected chi connectivity index (χ3v) is 1.94. The fraction of sp³-hybridized carbons (Fsp3) is 0.667. The van der Waals surface area contributed by atoms with Crippen LogP contribution in [0.15, 0.2) is 11.6 Å². The van der Waals surface area contributed by atoms with E-state index >= 15 is 0 Å². The van der Waals surface area contributed by atoms with Crippen LogP contribution in [0.5, 0.6) is 0 Å². The van der Waals surface area contributed by atoms with E-state index in [0.29, 0.717) is 5.57 Å². The smallest absolute Gasteiger partial charge is 0.336 e. The van der Waals surface area contributed by atoms with Crippen LogP contribution >= 0.6 is 0 Å². The minimum absolute atomic E-state index is 0.372. The van der Waals surface area contributed by atoms with E-state index in [0.717, 1.165) is 12.8 Å². The fourth-order valence-electron chi connectivity index (χ4n) is 1.18. The van der Waals surface area contributed by atoms with Crippen molar-refractivity contribution < 1.29 is 14.6 Å². The molecular weight excluding hydrogens is 156 g/mol. The molecule has 0 aromatic rings. The van der Waals surface area contributed by atoms with Gasteiger partial charge in [0.1, 0.15) is 12.2 Å². The Balaban J connectivity index is 2.69. The van der Waals surface area contributed by atoms with Crippen molar-refractivity contribution in [3.8, 4) is 0 Å². The number of aliphatic hydroxyl groups is 1. The molecule has 2 atom stereocenters. The first-order chi connectivity index (χ1) is 5.66. The van der Waals surface area contributed by atoms with Crippen molar-refractivity contribution in [2.24, 2.45) is 0 Å². The van der Waals surface area contributed by atoms with Crippen LogP contribution in [0.3, 0.4) is 0 Å². The summed E-state index contributed by atoms with van der Waals surface area (Å²) in [5.41, 5.74) is 0.421. The lowest BCUT2D eigenvalue weighted by atomic mass is 10.1. The van der Waals surface area contributed by atoms with Gasteiger partial charge in [-0.25, -0.2) is 4.79 Å². The van der Waals surface area contributed by atoms with Gasteiger partial charge < -0.3 is 9.84 Å². The van der Waals surface area contributed by atoms with Gasteiger partial charge in [-0.05, 0) is 13.3 Å². The van der Waals surface area contributed by atoms with Gasteiger partial charge in [0.2, 0.25) is 0 Å². The van der Waals surface area contributed by atoms with Crippen LogP contribution in [0.4, 0.5) is 0 Å². The zero-order valence-electron chi connectivity index (χ0n) is 7.41. The number of cyclic esters (lactones) is 1. The molecule has 1 aliphatic rings.